The maximum Gasteiger partial charge on any atom is 0.111 e. The van der Waals surface area contributed by atoms with Gasteiger partial charge in [-0.15, -0.1) is 0 Å². The summed E-state index contributed by atoms with van der Waals surface area (Å²) in [5.74, 6) is 0. The molecule has 0 bridgehead atoms. The first-order valence-electron chi connectivity index (χ1n) is 6.84. The fraction of sp³-hybridized carbons (Fsp3) is 0.571. The lowest BCUT2D eigenvalue weighted by Crippen LogP contribution is -2.38. The van der Waals surface area contributed by atoms with Gasteiger partial charge in [-0.05, 0) is 25.3 Å². The number of fused-ring (bicyclic) bond motifs is 1. The molecule has 2 aliphatic rings. The molecule has 0 saturated carbocycles. The van der Waals surface area contributed by atoms with E-state index in [0.29, 0.717) is 12.2 Å². The third kappa shape index (κ3) is 2.33. The quantitative estimate of drug-likeness (QED) is 0.831. The maximum absolute atomic E-state index is 13.0. The van der Waals surface area contributed by atoms with E-state index in [-0.39, 0.29) is 0 Å². The molecule has 0 aliphatic carbocycles. The first-order valence-corrected chi connectivity index (χ1v) is 8.69. The summed E-state index contributed by atoms with van der Waals surface area (Å²) in [5, 5.41) is 3.32. The first kappa shape index (κ1) is 12.6. The summed E-state index contributed by atoms with van der Waals surface area (Å²) in [5.41, 5.74) is 2.44. The predicted octanol–water partition coefficient (Wildman–Crippen LogP) is 2.08. The van der Waals surface area contributed by atoms with Crippen LogP contribution in [0.25, 0.3) is 0 Å². The minimum atomic E-state index is -2.36. The lowest BCUT2D eigenvalue weighted by molar-refractivity contribution is -0.184. The Kier molecular flexibility index (Phi) is 3.42. The van der Waals surface area contributed by atoms with Crippen molar-refractivity contribution in [1.82, 2.24) is 9.76 Å². The van der Waals surface area contributed by atoms with Gasteiger partial charge in [-0.3, -0.25) is 0 Å². The molecule has 2 atom stereocenters. The molecule has 0 amide bonds. The van der Waals surface area contributed by atoms with Gasteiger partial charge in [-0.25, -0.2) is 0 Å². The van der Waals surface area contributed by atoms with Gasteiger partial charge in [0.2, 0.25) is 0 Å². The molecule has 2 unspecified atom stereocenters. The second-order valence-corrected chi connectivity index (χ2v) is 8.07. The minimum Gasteiger partial charge on any atom is -0.651 e. The SMILES string of the molecule is Cc1ccc(C[P+]2([O-])NCC3CCCCN32)cc1. The Hall–Kier alpha value is -0.470. The van der Waals surface area contributed by atoms with Crippen molar-refractivity contribution in [3.05, 3.63) is 35.4 Å². The average Bonchev–Trinajstić information content (AvgIpc) is 2.71. The Labute approximate surface area is 110 Å². The van der Waals surface area contributed by atoms with E-state index in [1.54, 1.807) is 0 Å². The van der Waals surface area contributed by atoms with Gasteiger partial charge in [-0.1, -0.05) is 36.2 Å². The lowest BCUT2D eigenvalue weighted by Gasteiger charge is -2.38. The van der Waals surface area contributed by atoms with Crippen molar-refractivity contribution in [2.24, 2.45) is 0 Å². The summed E-state index contributed by atoms with van der Waals surface area (Å²) >= 11 is 0. The van der Waals surface area contributed by atoms with Crippen LogP contribution in [0.1, 0.15) is 30.4 Å². The van der Waals surface area contributed by atoms with Gasteiger partial charge in [0.25, 0.3) is 0 Å². The van der Waals surface area contributed by atoms with Crippen molar-refractivity contribution in [2.75, 3.05) is 13.1 Å². The fourth-order valence-corrected chi connectivity index (χ4v) is 5.91. The van der Waals surface area contributed by atoms with Gasteiger partial charge in [0, 0.05) is 6.54 Å². The van der Waals surface area contributed by atoms with E-state index in [1.807, 2.05) is 0 Å². The molecule has 3 nitrogen and oxygen atoms in total. The van der Waals surface area contributed by atoms with Crippen molar-refractivity contribution < 1.29 is 4.89 Å². The Morgan fingerprint density at radius 2 is 2.11 bits per heavy atom. The highest BCUT2D eigenvalue weighted by atomic mass is 31.2. The molecule has 4 heteroatoms. The zero-order valence-corrected chi connectivity index (χ0v) is 11.8. The van der Waals surface area contributed by atoms with Crippen molar-refractivity contribution >= 4 is 7.79 Å². The summed E-state index contributed by atoms with van der Waals surface area (Å²) < 4.78 is 2.26. The number of benzene rings is 1. The van der Waals surface area contributed by atoms with Gasteiger partial charge < -0.3 is 4.89 Å². The van der Waals surface area contributed by atoms with Crippen LogP contribution in [0.4, 0.5) is 0 Å². The number of aryl methyl sites for hydroxylation is 1. The monoisotopic (exact) mass is 264 g/mol. The van der Waals surface area contributed by atoms with Gasteiger partial charge in [0.1, 0.15) is 14.0 Å². The van der Waals surface area contributed by atoms with E-state index in [2.05, 4.69) is 40.9 Å². The van der Waals surface area contributed by atoms with Gasteiger partial charge in [0.05, 0.1) is 12.6 Å². The van der Waals surface area contributed by atoms with Crippen LogP contribution in [0.15, 0.2) is 24.3 Å². The smallest absolute Gasteiger partial charge is 0.111 e. The van der Waals surface area contributed by atoms with Crippen LogP contribution < -0.4 is 9.98 Å². The largest absolute Gasteiger partial charge is 0.651 e. The molecule has 2 aliphatic heterocycles. The van der Waals surface area contributed by atoms with Gasteiger partial charge >= 0.3 is 0 Å². The molecular formula is C14H21N2OP. The van der Waals surface area contributed by atoms with E-state index in [4.69, 9.17) is 0 Å². The number of piperidine rings is 1. The number of rotatable bonds is 2. The third-order valence-electron chi connectivity index (χ3n) is 4.10. The molecule has 2 heterocycles. The molecule has 2 saturated heterocycles. The summed E-state index contributed by atoms with van der Waals surface area (Å²) in [6.07, 6.45) is 4.35. The number of nitrogens with one attached hydrogen (secondary N) is 1. The maximum atomic E-state index is 13.0. The zero-order chi connectivity index (χ0) is 12.6. The van der Waals surface area contributed by atoms with Gasteiger partial charge in [-0.2, -0.15) is 9.76 Å². The first-order chi connectivity index (χ1) is 8.67. The van der Waals surface area contributed by atoms with Crippen molar-refractivity contribution in [2.45, 2.75) is 38.4 Å². The molecule has 1 aromatic carbocycles. The van der Waals surface area contributed by atoms with Gasteiger partial charge in [0.15, 0.2) is 0 Å². The molecular weight excluding hydrogens is 243 g/mol. The van der Waals surface area contributed by atoms with Crippen LogP contribution in [-0.4, -0.2) is 23.8 Å². The Morgan fingerprint density at radius 3 is 2.89 bits per heavy atom. The van der Waals surface area contributed by atoms with E-state index >= 15 is 0 Å². The van der Waals surface area contributed by atoms with Crippen LogP contribution in [0.3, 0.4) is 0 Å². The third-order valence-corrected chi connectivity index (χ3v) is 6.93. The summed E-state index contributed by atoms with van der Waals surface area (Å²) in [7, 11) is -2.36. The summed E-state index contributed by atoms with van der Waals surface area (Å²) in [4.78, 5) is 13.0. The molecule has 0 radical (unpaired) electrons. The second kappa shape index (κ2) is 4.90. The normalized spacial score (nSPS) is 32.4. The van der Waals surface area contributed by atoms with Crippen molar-refractivity contribution in [3.63, 3.8) is 0 Å². The van der Waals surface area contributed by atoms with E-state index in [0.717, 1.165) is 13.1 Å². The molecule has 3 rings (SSSR count). The highest BCUT2D eigenvalue weighted by Crippen LogP contribution is 2.58. The molecule has 2 fully saturated rings. The number of nitrogens with zero attached hydrogens (tertiary/aromatic N) is 1. The van der Waals surface area contributed by atoms with Crippen LogP contribution in [0.5, 0.6) is 0 Å². The van der Waals surface area contributed by atoms with Crippen molar-refractivity contribution in [1.29, 1.82) is 0 Å². The summed E-state index contributed by atoms with van der Waals surface area (Å²) in [6, 6.07) is 8.92. The standard InChI is InChI=1S/C14H21N2OP/c1-12-5-7-13(8-6-12)11-18(17)15-10-14-4-2-3-9-16(14)18/h5-8,14H,2-4,9-11H2,1H3,(H,15,17). The van der Waals surface area contributed by atoms with E-state index in [9.17, 15) is 4.89 Å². The summed E-state index contributed by atoms with van der Waals surface area (Å²) in [6.45, 7) is 3.99. The molecule has 18 heavy (non-hydrogen) atoms. The Morgan fingerprint density at radius 1 is 1.33 bits per heavy atom. The molecule has 1 aromatic rings. The second-order valence-electron chi connectivity index (χ2n) is 5.52. The Balaban J connectivity index is 1.76. The van der Waals surface area contributed by atoms with Crippen LogP contribution in [-0.2, 0) is 6.16 Å². The van der Waals surface area contributed by atoms with Crippen LogP contribution in [0.2, 0.25) is 0 Å². The highest BCUT2D eigenvalue weighted by Gasteiger charge is 2.46. The molecule has 98 valence electrons. The predicted molar refractivity (Wildman–Crippen MR) is 74.2 cm³/mol. The topological polar surface area (TPSA) is 38.3 Å². The van der Waals surface area contributed by atoms with E-state index in [1.165, 1.54) is 30.4 Å². The zero-order valence-electron chi connectivity index (χ0n) is 10.9. The van der Waals surface area contributed by atoms with E-state index < -0.39 is 7.79 Å². The number of hydrogen-bond acceptors (Lipinski definition) is 3. The molecule has 0 spiro atoms. The average molecular weight is 264 g/mol. The van der Waals surface area contributed by atoms with Crippen molar-refractivity contribution in [3.8, 4) is 0 Å². The number of hydrogen-bond donors (Lipinski definition) is 1. The fourth-order valence-electron chi connectivity index (χ4n) is 3.04. The molecule has 0 aromatic heterocycles. The Bertz CT molecular complexity index is 422. The van der Waals surface area contributed by atoms with Crippen LogP contribution in [0, 0.1) is 6.92 Å². The minimum absolute atomic E-state index is 0.509. The highest BCUT2D eigenvalue weighted by molar-refractivity contribution is 7.64. The lowest BCUT2D eigenvalue weighted by atomic mass is 10.1. The van der Waals surface area contributed by atoms with Crippen LogP contribution >= 0.6 is 7.79 Å². The molecule has 1 N–H and O–H groups in total.